The Labute approximate surface area is 156 Å². The van der Waals surface area contributed by atoms with Gasteiger partial charge in [0.15, 0.2) is 0 Å². The maximum absolute atomic E-state index is 13.2. The summed E-state index contributed by atoms with van der Waals surface area (Å²) in [5.74, 6) is -0.406. The van der Waals surface area contributed by atoms with Crippen LogP contribution in [0.3, 0.4) is 0 Å². The van der Waals surface area contributed by atoms with Gasteiger partial charge in [-0.3, -0.25) is 9.97 Å². The van der Waals surface area contributed by atoms with E-state index in [0.717, 1.165) is 11.1 Å². The van der Waals surface area contributed by atoms with Gasteiger partial charge in [-0.05, 0) is 42.3 Å². The fraction of sp³-hybridized carbons (Fsp3) is 0.211. The lowest BCUT2D eigenvalue weighted by Crippen LogP contribution is -2.28. The summed E-state index contributed by atoms with van der Waals surface area (Å²) in [5, 5.41) is 4.37. The molecule has 1 aliphatic heterocycles. The van der Waals surface area contributed by atoms with Crippen LogP contribution in [0.2, 0.25) is 0 Å². The Bertz CT molecular complexity index is 1130. The van der Waals surface area contributed by atoms with Gasteiger partial charge in [-0.25, -0.2) is 12.8 Å². The van der Waals surface area contributed by atoms with Crippen LogP contribution in [0.4, 0.5) is 4.39 Å². The van der Waals surface area contributed by atoms with Crippen molar-refractivity contribution < 1.29 is 12.8 Å². The summed E-state index contributed by atoms with van der Waals surface area (Å²) in [6.45, 7) is 1.59. The molecular weight excluding hydrogens is 367 g/mol. The first-order valence-electron chi connectivity index (χ1n) is 8.54. The summed E-state index contributed by atoms with van der Waals surface area (Å²) < 4.78 is 39.6. The Kier molecular flexibility index (Phi) is 4.35. The average Bonchev–Trinajstić information content (AvgIpc) is 3.14. The third kappa shape index (κ3) is 3.28. The van der Waals surface area contributed by atoms with Crippen LogP contribution in [0, 0.1) is 5.82 Å². The van der Waals surface area contributed by atoms with E-state index < -0.39 is 16.1 Å². The number of hydrazone groups is 1. The molecule has 2 aromatic carbocycles. The normalized spacial score (nSPS) is 17.3. The first-order valence-corrected chi connectivity index (χ1v) is 10.1. The van der Waals surface area contributed by atoms with Crippen molar-refractivity contribution in [3.8, 4) is 0 Å². The molecule has 4 rings (SSSR count). The summed E-state index contributed by atoms with van der Waals surface area (Å²) in [7, 11) is -3.56. The lowest BCUT2D eigenvalue weighted by molar-refractivity contribution is 0.372. The van der Waals surface area contributed by atoms with E-state index in [2.05, 4.69) is 15.1 Å². The van der Waals surface area contributed by atoms with E-state index in [1.54, 1.807) is 31.5 Å². The van der Waals surface area contributed by atoms with Gasteiger partial charge in [0.2, 0.25) is 10.0 Å². The van der Waals surface area contributed by atoms with Crippen LogP contribution in [-0.2, 0) is 10.0 Å². The first kappa shape index (κ1) is 17.5. The highest BCUT2D eigenvalue weighted by Gasteiger charge is 2.36. The van der Waals surface area contributed by atoms with Crippen molar-refractivity contribution in [2.45, 2.75) is 19.4 Å². The summed E-state index contributed by atoms with van der Waals surface area (Å²) in [6.07, 6.45) is 3.61. The molecule has 6 nitrogen and oxygen atoms in total. The molecule has 0 radical (unpaired) electrons. The number of aromatic nitrogens is 2. The van der Waals surface area contributed by atoms with Crippen molar-refractivity contribution in [3.05, 3.63) is 71.8 Å². The van der Waals surface area contributed by atoms with Crippen LogP contribution in [-0.4, -0.2) is 34.3 Å². The van der Waals surface area contributed by atoms with Gasteiger partial charge in [-0.15, -0.1) is 0 Å². The first-order chi connectivity index (χ1) is 13.0. The largest absolute Gasteiger partial charge is 0.253 e. The highest BCUT2D eigenvalue weighted by atomic mass is 32.2. The Morgan fingerprint density at radius 1 is 1.07 bits per heavy atom. The lowest BCUT2D eigenvalue weighted by atomic mass is 9.99. The lowest BCUT2D eigenvalue weighted by Gasteiger charge is -2.22. The summed E-state index contributed by atoms with van der Waals surface area (Å²) >= 11 is 0. The predicted molar refractivity (Wildman–Crippen MR) is 101 cm³/mol. The Hall–Kier alpha value is -2.87. The number of halogens is 1. The quantitative estimate of drug-likeness (QED) is 0.692. The van der Waals surface area contributed by atoms with E-state index in [-0.39, 0.29) is 11.6 Å². The van der Waals surface area contributed by atoms with Crippen molar-refractivity contribution in [1.82, 2.24) is 14.4 Å². The second-order valence-electron chi connectivity index (χ2n) is 6.25. The zero-order valence-electron chi connectivity index (χ0n) is 14.6. The van der Waals surface area contributed by atoms with Crippen molar-refractivity contribution in [2.24, 2.45) is 5.10 Å². The maximum Gasteiger partial charge on any atom is 0.250 e. The van der Waals surface area contributed by atoms with Gasteiger partial charge < -0.3 is 0 Å². The van der Waals surface area contributed by atoms with E-state index in [1.807, 2.05) is 18.2 Å². The SMILES string of the molecule is CCS(=O)(=O)N1N=C(c2ccc(F)cc2)CC1c1ccc2nccnc2c1. The minimum Gasteiger partial charge on any atom is -0.253 e. The van der Waals surface area contributed by atoms with Crippen molar-refractivity contribution in [2.75, 3.05) is 5.75 Å². The summed E-state index contributed by atoms with van der Waals surface area (Å²) in [5.41, 5.74) is 3.54. The highest BCUT2D eigenvalue weighted by molar-refractivity contribution is 7.89. The molecule has 27 heavy (non-hydrogen) atoms. The molecule has 1 unspecified atom stereocenters. The van der Waals surface area contributed by atoms with Gasteiger partial charge in [0.1, 0.15) is 5.82 Å². The van der Waals surface area contributed by atoms with Crippen LogP contribution in [0.25, 0.3) is 11.0 Å². The molecule has 138 valence electrons. The standard InChI is InChI=1S/C19H17FN4O2S/c1-2-27(25,26)24-19(12-17(23-24)13-3-6-15(20)7-4-13)14-5-8-16-18(11-14)22-10-9-21-16/h3-11,19H,2,12H2,1H3. The number of benzene rings is 2. The van der Waals surface area contributed by atoms with Crippen LogP contribution in [0.5, 0.6) is 0 Å². The zero-order chi connectivity index (χ0) is 19.0. The monoisotopic (exact) mass is 384 g/mol. The molecule has 0 N–H and O–H groups in total. The van der Waals surface area contributed by atoms with E-state index in [1.165, 1.54) is 16.5 Å². The van der Waals surface area contributed by atoms with Gasteiger partial charge in [0.05, 0.1) is 28.5 Å². The molecule has 0 amide bonds. The molecule has 0 saturated heterocycles. The molecule has 0 fully saturated rings. The zero-order valence-corrected chi connectivity index (χ0v) is 15.4. The Morgan fingerprint density at radius 2 is 1.78 bits per heavy atom. The van der Waals surface area contributed by atoms with Crippen LogP contribution < -0.4 is 0 Å². The molecule has 1 aromatic heterocycles. The maximum atomic E-state index is 13.2. The third-order valence-electron chi connectivity index (χ3n) is 4.58. The number of hydrogen-bond acceptors (Lipinski definition) is 5. The molecule has 1 atom stereocenters. The van der Waals surface area contributed by atoms with Crippen LogP contribution in [0.15, 0.2) is 60.0 Å². The van der Waals surface area contributed by atoms with E-state index in [9.17, 15) is 12.8 Å². The number of nitrogens with zero attached hydrogens (tertiary/aromatic N) is 4. The fourth-order valence-corrected chi connectivity index (χ4v) is 4.20. The van der Waals surface area contributed by atoms with Crippen LogP contribution in [0.1, 0.15) is 30.5 Å². The van der Waals surface area contributed by atoms with Crippen molar-refractivity contribution in [3.63, 3.8) is 0 Å². The predicted octanol–water partition coefficient (Wildman–Crippen LogP) is 3.27. The molecule has 0 spiro atoms. The fourth-order valence-electron chi connectivity index (χ4n) is 3.13. The van der Waals surface area contributed by atoms with Crippen molar-refractivity contribution >= 4 is 26.8 Å². The second kappa shape index (κ2) is 6.70. The summed E-state index contributed by atoms with van der Waals surface area (Å²) in [4.78, 5) is 8.54. The van der Waals surface area contributed by atoms with Gasteiger partial charge >= 0.3 is 0 Å². The third-order valence-corrected chi connectivity index (χ3v) is 6.21. The highest BCUT2D eigenvalue weighted by Crippen LogP contribution is 2.35. The van der Waals surface area contributed by atoms with E-state index >= 15 is 0 Å². The molecule has 3 aromatic rings. The number of sulfonamides is 1. The molecule has 0 aliphatic carbocycles. The number of rotatable bonds is 4. The topological polar surface area (TPSA) is 75.5 Å². The van der Waals surface area contributed by atoms with Gasteiger partial charge in [0, 0.05) is 18.8 Å². The minimum atomic E-state index is -3.56. The second-order valence-corrected chi connectivity index (χ2v) is 8.37. The van der Waals surface area contributed by atoms with E-state index in [4.69, 9.17) is 0 Å². The van der Waals surface area contributed by atoms with Gasteiger partial charge in [0.25, 0.3) is 0 Å². The molecule has 8 heteroatoms. The van der Waals surface area contributed by atoms with E-state index in [0.29, 0.717) is 23.2 Å². The van der Waals surface area contributed by atoms with Crippen LogP contribution >= 0.6 is 0 Å². The number of fused-ring (bicyclic) bond motifs is 1. The Balaban J connectivity index is 1.77. The average molecular weight is 384 g/mol. The summed E-state index contributed by atoms with van der Waals surface area (Å²) in [6, 6.07) is 11.0. The van der Waals surface area contributed by atoms with Gasteiger partial charge in [-0.1, -0.05) is 18.2 Å². The molecule has 1 aliphatic rings. The molecular formula is C19H17FN4O2S. The Morgan fingerprint density at radius 3 is 2.48 bits per heavy atom. The van der Waals surface area contributed by atoms with Gasteiger partial charge in [-0.2, -0.15) is 9.52 Å². The minimum absolute atomic E-state index is 0.0584. The smallest absolute Gasteiger partial charge is 0.250 e. The molecule has 0 saturated carbocycles. The van der Waals surface area contributed by atoms with Crippen molar-refractivity contribution in [1.29, 1.82) is 0 Å². The molecule has 2 heterocycles. The molecule has 0 bridgehead atoms. The number of hydrogen-bond donors (Lipinski definition) is 0.